The fraction of sp³-hybridized carbons (Fsp3) is 0.429. The van der Waals surface area contributed by atoms with E-state index in [1.165, 1.54) is 28.9 Å². The second-order valence-electron chi connectivity index (χ2n) is 7.24. The van der Waals surface area contributed by atoms with Gasteiger partial charge in [0.05, 0.1) is 18.0 Å². The third-order valence-corrected chi connectivity index (χ3v) is 5.35. The number of nitrogens with one attached hydrogen (secondary N) is 1. The van der Waals surface area contributed by atoms with Gasteiger partial charge in [-0.25, -0.2) is 18.7 Å². The lowest BCUT2D eigenvalue weighted by Gasteiger charge is -2.31. The highest BCUT2D eigenvalue weighted by Crippen LogP contribution is 2.24. The topological polar surface area (TPSA) is 103 Å². The molecular formula is C21H24ClFN4O5. The molecule has 0 aliphatic carbocycles. The van der Waals surface area contributed by atoms with Crippen molar-refractivity contribution in [2.75, 3.05) is 26.3 Å². The minimum absolute atomic E-state index is 0.00542. The molecule has 1 saturated heterocycles. The van der Waals surface area contributed by atoms with Crippen molar-refractivity contribution in [3.05, 3.63) is 46.5 Å². The number of aryl methyl sites for hydroxylation is 1. The number of ether oxygens (including phenoxy) is 2. The summed E-state index contributed by atoms with van der Waals surface area (Å²) in [6.45, 7) is 4.11. The van der Waals surface area contributed by atoms with E-state index in [9.17, 15) is 18.8 Å². The van der Waals surface area contributed by atoms with Crippen LogP contribution in [0.15, 0.2) is 24.3 Å². The van der Waals surface area contributed by atoms with Gasteiger partial charge in [-0.05, 0) is 51.0 Å². The third-order valence-electron chi connectivity index (χ3n) is 5.00. The van der Waals surface area contributed by atoms with Gasteiger partial charge in [0.15, 0.2) is 6.61 Å². The van der Waals surface area contributed by atoms with Crippen LogP contribution < -0.4 is 5.32 Å². The average Bonchev–Trinajstić information content (AvgIpc) is 3.07. The predicted molar refractivity (Wildman–Crippen MR) is 113 cm³/mol. The third kappa shape index (κ3) is 5.56. The number of rotatable bonds is 6. The number of nitrogens with zero attached hydrogens (tertiary/aromatic N) is 3. The molecule has 0 radical (unpaired) electrons. The maximum Gasteiger partial charge on any atom is 0.409 e. The Kier molecular flexibility index (Phi) is 7.68. The van der Waals surface area contributed by atoms with E-state index in [0.29, 0.717) is 43.9 Å². The molecule has 172 valence electrons. The van der Waals surface area contributed by atoms with Crippen molar-refractivity contribution in [2.45, 2.75) is 32.7 Å². The summed E-state index contributed by atoms with van der Waals surface area (Å²) in [6.07, 6.45) is 0.793. The van der Waals surface area contributed by atoms with Crippen LogP contribution in [0.2, 0.25) is 5.15 Å². The quantitative estimate of drug-likeness (QED) is 0.657. The van der Waals surface area contributed by atoms with Crippen LogP contribution in [0.5, 0.6) is 0 Å². The van der Waals surface area contributed by atoms with E-state index in [-0.39, 0.29) is 22.9 Å². The minimum atomic E-state index is -0.784. The van der Waals surface area contributed by atoms with Gasteiger partial charge >= 0.3 is 12.1 Å². The van der Waals surface area contributed by atoms with E-state index >= 15 is 0 Å². The summed E-state index contributed by atoms with van der Waals surface area (Å²) >= 11 is 6.29. The highest BCUT2D eigenvalue weighted by atomic mass is 35.5. The first-order valence-electron chi connectivity index (χ1n) is 10.2. The molecule has 11 heteroatoms. The van der Waals surface area contributed by atoms with Gasteiger partial charge in [-0.2, -0.15) is 5.10 Å². The number of halogens is 2. The Labute approximate surface area is 189 Å². The highest BCUT2D eigenvalue weighted by Gasteiger charge is 2.26. The molecule has 1 aromatic heterocycles. The van der Waals surface area contributed by atoms with Gasteiger partial charge in [0.1, 0.15) is 16.5 Å². The molecule has 2 aromatic rings. The molecular weight excluding hydrogens is 443 g/mol. The molecule has 0 atom stereocenters. The fourth-order valence-electron chi connectivity index (χ4n) is 3.38. The van der Waals surface area contributed by atoms with Crippen molar-refractivity contribution in [2.24, 2.45) is 0 Å². The molecule has 0 saturated carbocycles. The van der Waals surface area contributed by atoms with E-state index in [0.717, 1.165) is 0 Å². The number of likely N-dealkylation sites (tertiary alicyclic amines) is 1. The van der Waals surface area contributed by atoms with Crippen molar-refractivity contribution < 1.29 is 28.2 Å². The van der Waals surface area contributed by atoms with Gasteiger partial charge in [-0.1, -0.05) is 11.6 Å². The number of benzene rings is 1. The normalized spacial score (nSPS) is 14.2. The molecule has 2 amide bonds. The summed E-state index contributed by atoms with van der Waals surface area (Å²) in [5, 5.41) is 7.01. The number of piperidine rings is 1. The number of carbonyl (C=O) groups is 3. The number of hydrogen-bond acceptors (Lipinski definition) is 6. The van der Waals surface area contributed by atoms with E-state index in [2.05, 4.69) is 10.4 Å². The maximum absolute atomic E-state index is 13.1. The lowest BCUT2D eigenvalue weighted by Crippen LogP contribution is -2.47. The number of aromatic nitrogens is 2. The van der Waals surface area contributed by atoms with Crippen LogP contribution in [-0.2, 0) is 14.3 Å². The number of amides is 2. The van der Waals surface area contributed by atoms with Crippen molar-refractivity contribution in [3.8, 4) is 5.69 Å². The molecule has 9 nitrogen and oxygen atoms in total. The summed E-state index contributed by atoms with van der Waals surface area (Å²) in [6, 6.07) is 5.33. The Morgan fingerprint density at radius 3 is 2.47 bits per heavy atom. The summed E-state index contributed by atoms with van der Waals surface area (Å²) in [4.78, 5) is 38.0. The molecule has 1 aliphatic heterocycles. The fourth-order valence-corrected chi connectivity index (χ4v) is 3.73. The predicted octanol–water partition coefficient (Wildman–Crippen LogP) is 2.87. The maximum atomic E-state index is 13.1. The second kappa shape index (κ2) is 10.4. The van der Waals surface area contributed by atoms with Gasteiger partial charge in [0.25, 0.3) is 5.91 Å². The molecule has 1 aliphatic rings. The Balaban J connectivity index is 1.52. The van der Waals surface area contributed by atoms with Crippen molar-refractivity contribution in [1.29, 1.82) is 0 Å². The van der Waals surface area contributed by atoms with E-state index in [1.807, 2.05) is 0 Å². The van der Waals surface area contributed by atoms with Gasteiger partial charge in [-0.3, -0.25) is 4.79 Å². The minimum Gasteiger partial charge on any atom is -0.452 e. The molecule has 0 spiro atoms. The first-order valence-corrected chi connectivity index (χ1v) is 10.6. The van der Waals surface area contributed by atoms with Gasteiger partial charge < -0.3 is 19.7 Å². The summed E-state index contributed by atoms with van der Waals surface area (Å²) in [7, 11) is 0. The van der Waals surface area contributed by atoms with Crippen LogP contribution in [-0.4, -0.2) is 65.0 Å². The molecule has 1 fully saturated rings. The Morgan fingerprint density at radius 2 is 1.84 bits per heavy atom. The van der Waals surface area contributed by atoms with Gasteiger partial charge in [0, 0.05) is 19.1 Å². The Morgan fingerprint density at radius 1 is 1.19 bits per heavy atom. The largest absolute Gasteiger partial charge is 0.452 e. The van der Waals surface area contributed by atoms with Gasteiger partial charge in [0.2, 0.25) is 0 Å². The van der Waals surface area contributed by atoms with Crippen molar-refractivity contribution in [3.63, 3.8) is 0 Å². The Hall–Kier alpha value is -3.14. The lowest BCUT2D eigenvalue weighted by atomic mass is 10.1. The molecule has 1 N–H and O–H groups in total. The van der Waals surface area contributed by atoms with Crippen molar-refractivity contribution in [1.82, 2.24) is 20.0 Å². The summed E-state index contributed by atoms with van der Waals surface area (Å²) in [5.74, 6) is -1.65. The Bertz CT molecular complexity index is 987. The first-order chi connectivity index (χ1) is 15.3. The lowest BCUT2D eigenvalue weighted by molar-refractivity contribution is -0.125. The molecule has 1 aromatic carbocycles. The van der Waals surface area contributed by atoms with Crippen LogP contribution in [0.25, 0.3) is 5.69 Å². The number of esters is 1. The monoisotopic (exact) mass is 466 g/mol. The summed E-state index contributed by atoms with van der Waals surface area (Å²) < 4.78 is 24.5. The van der Waals surface area contributed by atoms with E-state index in [1.54, 1.807) is 18.7 Å². The number of hydrogen-bond donors (Lipinski definition) is 1. The van der Waals surface area contributed by atoms with E-state index < -0.39 is 24.3 Å². The summed E-state index contributed by atoms with van der Waals surface area (Å²) in [5.41, 5.74) is 0.827. The van der Waals surface area contributed by atoms with E-state index in [4.69, 9.17) is 21.1 Å². The SMILES string of the molecule is CCOC(=O)N1CCC(NC(=O)COC(=O)c2c(C)nn(-c3ccc(F)cc3)c2Cl)CC1. The highest BCUT2D eigenvalue weighted by molar-refractivity contribution is 6.33. The molecule has 32 heavy (non-hydrogen) atoms. The van der Waals surface area contributed by atoms with Crippen LogP contribution in [0.4, 0.5) is 9.18 Å². The molecule has 0 unspecified atom stereocenters. The zero-order chi connectivity index (χ0) is 23.3. The standard InChI is InChI=1S/C21H24ClFN4O5/c1-3-31-21(30)26-10-8-15(9-11-26)24-17(28)12-32-20(29)18-13(2)25-27(19(18)22)16-6-4-14(23)5-7-16/h4-7,15H,3,8-12H2,1-2H3,(H,24,28). The molecule has 2 heterocycles. The second-order valence-corrected chi connectivity index (χ2v) is 7.60. The van der Waals surface area contributed by atoms with Crippen molar-refractivity contribution >= 4 is 29.6 Å². The van der Waals surface area contributed by atoms with Crippen LogP contribution >= 0.6 is 11.6 Å². The zero-order valence-electron chi connectivity index (χ0n) is 17.8. The van der Waals surface area contributed by atoms with Crippen LogP contribution in [0, 0.1) is 12.7 Å². The first kappa shape index (κ1) is 23.5. The molecule has 0 bridgehead atoms. The van der Waals surface area contributed by atoms with Gasteiger partial charge in [-0.15, -0.1) is 0 Å². The molecule has 3 rings (SSSR count). The smallest absolute Gasteiger partial charge is 0.409 e. The number of carbonyl (C=O) groups excluding carboxylic acids is 3. The average molecular weight is 467 g/mol. The van der Waals surface area contributed by atoms with Crippen LogP contribution in [0.3, 0.4) is 0 Å². The van der Waals surface area contributed by atoms with Crippen LogP contribution in [0.1, 0.15) is 35.8 Å². The zero-order valence-corrected chi connectivity index (χ0v) is 18.5.